The second kappa shape index (κ2) is 5.44. The highest BCUT2D eigenvalue weighted by molar-refractivity contribution is 7.46. The van der Waals surface area contributed by atoms with Crippen LogP contribution in [0.3, 0.4) is 0 Å². The van der Waals surface area contributed by atoms with E-state index >= 15 is 0 Å². The van der Waals surface area contributed by atoms with Gasteiger partial charge in [-0.25, -0.2) is 13.8 Å². The lowest BCUT2D eigenvalue weighted by Crippen LogP contribution is -2.35. The second-order valence-electron chi connectivity index (χ2n) is 4.29. The van der Waals surface area contributed by atoms with Gasteiger partial charge in [-0.3, -0.25) is 18.9 Å². The van der Waals surface area contributed by atoms with Crippen molar-refractivity contribution in [3.63, 3.8) is 0 Å². The fourth-order valence-corrected chi connectivity index (χ4v) is 2.10. The van der Waals surface area contributed by atoms with Crippen molar-refractivity contribution in [3.8, 4) is 0 Å². The first kappa shape index (κ1) is 14.6. The number of aliphatic hydroxyl groups is 1. The Morgan fingerprint density at radius 1 is 1.67 bits per heavy atom. The lowest BCUT2D eigenvalue weighted by atomic mass is 10.2. The minimum absolute atomic E-state index is 0.442. The second-order valence-corrected chi connectivity index (χ2v) is 5.53. The summed E-state index contributed by atoms with van der Waals surface area (Å²) in [6, 6.07) is 0.859. The van der Waals surface area contributed by atoms with Crippen LogP contribution in [0.15, 0.2) is 21.9 Å². The van der Waals surface area contributed by atoms with Gasteiger partial charge in [-0.2, -0.15) is 0 Å². The molecule has 0 spiro atoms. The maximum atomic E-state index is 14.3. The molecule has 0 bridgehead atoms. The zero-order valence-electron chi connectivity index (χ0n) is 11.3. The summed E-state index contributed by atoms with van der Waals surface area (Å²) in [5, 5.41) is 9.81. The Labute approximate surface area is 117 Å². The van der Waals surface area contributed by atoms with E-state index in [9.17, 15) is 23.7 Å². The van der Waals surface area contributed by atoms with Gasteiger partial charge in [0.15, 0.2) is 6.20 Å². The summed E-state index contributed by atoms with van der Waals surface area (Å²) in [4.78, 5) is 41.5. The highest BCUT2D eigenvalue weighted by atomic mass is 31.2. The van der Waals surface area contributed by atoms with Gasteiger partial charge in [0.1, 0.15) is 12.7 Å². The van der Waals surface area contributed by atoms with Crippen LogP contribution in [0, 0.1) is 0 Å². The molecule has 1 aliphatic rings. The van der Waals surface area contributed by atoms with Crippen molar-refractivity contribution in [2.24, 2.45) is 0 Å². The van der Waals surface area contributed by atoms with E-state index < -0.39 is 50.3 Å². The molecular formula is C9H12FN2O8P. The molecule has 1 saturated heterocycles. The fraction of sp³-hybridized carbons (Fsp3) is 0.556. The van der Waals surface area contributed by atoms with Crippen molar-refractivity contribution in [3.05, 3.63) is 33.1 Å². The molecule has 0 radical (unpaired) electrons. The third kappa shape index (κ3) is 3.84. The van der Waals surface area contributed by atoms with Crippen LogP contribution in [0.5, 0.6) is 0 Å². The molecule has 0 amide bonds. The number of nitrogens with one attached hydrogen (secondary N) is 1. The predicted molar refractivity (Wildman–Crippen MR) is 63.9 cm³/mol. The number of H-pyrrole nitrogens is 1. The van der Waals surface area contributed by atoms with Crippen molar-refractivity contribution in [1.29, 1.82) is 0 Å². The standard InChI is InChI=1S/C9H12FN2O8P/c10-9(4-19-21(16,17)18)3-5(13)7(20-9)12-2-1-6(14)11-8(12)15/h1-2,5,7,13H,3-4H2,(H,11,14,15)(H2,16,17,18)/t5-,7-,9+/m1/s1/i7D. The minimum atomic E-state index is -4.99. The van der Waals surface area contributed by atoms with Gasteiger partial charge in [0, 0.05) is 18.7 Å². The quantitative estimate of drug-likeness (QED) is 0.492. The summed E-state index contributed by atoms with van der Waals surface area (Å²) in [5.41, 5.74) is -1.89. The van der Waals surface area contributed by atoms with Gasteiger partial charge in [-0.1, -0.05) is 0 Å². The van der Waals surface area contributed by atoms with Gasteiger partial charge in [0.05, 0.1) is 1.37 Å². The average molecular weight is 327 g/mol. The monoisotopic (exact) mass is 327 g/mol. The van der Waals surface area contributed by atoms with E-state index in [0.717, 1.165) is 12.3 Å². The number of aromatic amines is 1. The normalized spacial score (nSPS) is 33.9. The number of phosphoric acid groups is 1. The summed E-state index contributed by atoms with van der Waals surface area (Å²) >= 11 is 0. The lowest BCUT2D eigenvalue weighted by molar-refractivity contribution is -0.178. The van der Waals surface area contributed by atoms with Gasteiger partial charge < -0.3 is 19.6 Å². The molecule has 2 heterocycles. The van der Waals surface area contributed by atoms with Crippen LogP contribution in [-0.4, -0.2) is 43.0 Å². The Kier molecular flexibility index (Phi) is 3.78. The van der Waals surface area contributed by atoms with Crippen molar-refractivity contribution in [2.45, 2.75) is 24.6 Å². The molecule has 2 rings (SSSR count). The largest absolute Gasteiger partial charge is 0.469 e. The van der Waals surface area contributed by atoms with E-state index in [1.54, 1.807) is 0 Å². The average Bonchev–Trinajstić information content (AvgIpc) is 2.58. The molecule has 3 atom stereocenters. The smallest absolute Gasteiger partial charge is 0.388 e. The summed E-state index contributed by atoms with van der Waals surface area (Å²) in [7, 11) is -4.99. The Morgan fingerprint density at radius 2 is 2.33 bits per heavy atom. The third-order valence-corrected chi connectivity index (χ3v) is 3.05. The van der Waals surface area contributed by atoms with Crippen molar-refractivity contribution in [2.75, 3.05) is 6.61 Å². The summed E-state index contributed by atoms with van der Waals surface area (Å²) in [5.74, 6) is -2.90. The number of hydrogen-bond donors (Lipinski definition) is 4. The number of hydrogen-bond acceptors (Lipinski definition) is 6. The first-order chi connectivity index (χ1) is 9.95. The molecule has 1 aromatic rings. The Balaban J connectivity index is 2.31. The minimum Gasteiger partial charge on any atom is -0.388 e. The molecule has 1 aromatic heterocycles. The Morgan fingerprint density at radius 3 is 2.90 bits per heavy atom. The van der Waals surface area contributed by atoms with Gasteiger partial charge in [-0.15, -0.1) is 0 Å². The van der Waals surface area contributed by atoms with E-state index in [2.05, 4.69) is 9.26 Å². The van der Waals surface area contributed by atoms with Crippen LogP contribution in [0.1, 0.15) is 14.0 Å². The fourth-order valence-electron chi connectivity index (χ4n) is 1.74. The van der Waals surface area contributed by atoms with E-state index in [-0.39, 0.29) is 0 Å². The summed E-state index contributed by atoms with van der Waals surface area (Å²) in [6.07, 6.45) is -4.54. The summed E-state index contributed by atoms with van der Waals surface area (Å²) < 4.78 is 41.9. The zero-order chi connectivity index (χ0) is 16.8. The molecule has 118 valence electrons. The molecule has 21 heavy (non-hydrogen) atoms. The van der Waals surface area contributed by atoms with E-state index in [1.807, 2.05) is 4.98 Å². The van der Waals surface area contributed by atoms with Gasteiger partial charge in [0.25, 0.3) is 5.56 Å². The number of phosphoric ester groups is 1. The van der Waals surface area contributed by atoms with Crippen molar-refractivity contribution >= 4 is 7.82 Å². The van der Waals surface area contributed by atoms with Crippen LogP contribution in [0.4, 0.5) is 4.39 Å². The molecule has 1 fully saturated rings. The number of halogens is 1. The van der Waals surface area contributed by atoms with E-state index in [4.69, 9.17) is 11.2 Å². The molecule has 4 N–H and O–H groups in total. The van der Waals surface area contributed by atoms with Crippen LogP contribution < -0.4 is 11.2 Å². The highest BCUT2D eigenvalue weighted by Crippen LogP contribution is 2.42. The number of aromatic nitrogens is 2. The number of nitrogens with zero attached hydrogens (tertiary/aromatic N) is 1. The number of alkyl halides is 1. The number of aliphatic hydroxyl groups excluding tert-OH is 1. The first-order valence-corrected chi connectivity index (χ1v) is 7.08. The van der Waals surface area contributed by atoms with Crippen LogP contribution in [-0.2, 0) is 13.8 Å². The van der Waals surface area contributed by atoms with Crippen molar-refractivity contribution in [1.82, 2.24) is 9.55 Å². The summed E-state index contributed by atoms with van der Waals surface area (Å²) in [6.45, 7) is -1.26. The van der Waals surface area contributed by atoms with Gasteiger partial charge in [0.2, 0.25) is 5.85 Å². The molecule has 10 nitrogen and oxygen atoms in total. The highest BCUT2D eigenvalue weighted by Gasteiger charge is 2.49. The molecule has 0 aliphatic carbocycles. The SMILES string of the molecule is [2H][C@@]1(n2ccc(=O)[nH]c2=O)O[C@](F)(COP(=O)(O)O)C[C@H]1O. The van der Waals surface area contributed by atoms with E-state index in [1.165, 1.54) is 0 Å². The van der Waals surface area contributed by atoms with Crippen molar-refractivity contribution < 1.29 is 34.5 Å². The maximum absolute atomic E-state index is 14.3. The lowest BCUT2D eigenvalue weighted by Gasteiger charge is -2.21. The maximum Gasteiger partial charge on any atom is 0.469 e. The van der Waals surface area contributed by atoms with Crippen LogP contribution in [0.2, 0.25) is 0 Å². The third-order valence-electron chi connectivity index (χ3n) is 2.58. The van der Waals surface area contributed by atoms with Crippen LogP contribution >= 0.6 is 7.82 Å². The number of rotatable bonds is 4. The Bertz CT molecular complexity index is 733. The molecule has 0 saturated carbocycles. The number of ether oxygens (including phenoxy) is 1. The van der Waals surface area contributed by atoms with Gasteiger partial charge in [-0.05, 0) is 0 Å². The molecular weight excluding hydrogens is 314 g/mol. The van der Waals surface area contributed by atoms with Gasteiger partial charge >= 0.3 is 13.5 Å². The molecule has 12 heteroatoms. The Hall–Kier alpha value is -1.36. The first-order valence-electron chi connectivity index (χ1n) is 6.05. The van der Waals surface area contributed by atoms with E-state index in [0.29, 0.717) is 4.57 Å². The predicted octanol–water partition coefficient (Wildman–Crippen LogP) is -1.41. The topological polar surface area (TPSA) is 151 Å². The zero-order valence-corrected chi connectivity index (χ0v) is 11.2. The molecule has 0 unspecified atom stereocenters. The molecule has 0 aromatic carbocycles. The van der Waals surface area contributed by atoms with Crippen LogP contribution in [0.25, 0.3) is 0 Å². The molecule has 1 aliphatic heterocycles.